The number of H-pyrrole nitrogens is 1. The predicted molar refractivity (Wildman–Crippen MR) is 90.9 cm³/mol. The summed E-state index contributed by atoms with van der Waals surface area (Å²) in [5.74, 6) is 0. The highest BCUT2D eigenvalue weighted by Crippen LogP contribution is 2.27. The molecule has 0 bridgehead atoms. The molecule has 0 fully saturated rings. The van der Waals surface area contributed by atoms with Crippen molar-refractivity contribution in [3.63, 3.8) is 0 Å². The third-order valence-corrected chi connectivity index (χ3v) is 4.44. The molecule has 0 radical (unpaired) electrons. The van der Waals surface area contributed by atoms with E-state index < -0.39 is 0 Å². The Labute approximate surface area is 134 Å². The van der Waals surface area contributed by atoms with Crippen molar-refractivity contribution in [1.82, 2.24) is 9.55 Å². The molecule has 0 aliphatic heterocycles. The van der Waals surface area contributed by atoms with E-state index in [1.165, 1.54) is 5.56 Å². The second-order valence-corrected chi connectivity index (χ2v) is 6.32. The molecule has 0 saturated heterocycles. The smallest absolute Gasteiger partial charge is 0.182 e. The van der Waals surface area contributed by atoms with Crippen LogP contribution in [0.15, 0.2) is 36.4 Å². The zero-order valence-corrected chi connectivity index (χ0v) is 13.8. The van der Waals surface area contributed by atoms with Crippen molar-refractivity contribution in [3.8, 4) is 5.69 Å². The Morgan fingerprint density at radius 3 is 2.79 bits per heavy atom. The van der Waals surface area contributed by atoms with Crippen LogP contribution < -0.4 is 0 Å². The summed E-state index contributed by atoms with van der Waals surface area (Å²) in [7, 11) is 0. The SMILES string of the molecule is Cc1cccc2[nH]c(=S)n(-c3ccc(Cl)cc3I)c12. The zero-order chi connectivity index (χ0) is 13.6. The molecule has 1 aromatic heterocycles. The molecule has 2 aromatic carbocycles. The third kappa shape index (κ3) is 2.22. The molecule has 0 aliphatic carbocycles. The fourth-order valence-electron chi connectivity index (χ4n) is 2.22. The molecule has 5 heteroatoms. The summed E-state index contributed by atoms with van der Waals surface area (Å²) >= 11 is 13.8. The number of halogens is 2. The summed E-state index contributed by atoms with van der Waals surface area (Å²) in [6.07, 6.45) is 0. The molecule has 3 aromatic rings. The number of fused-ring (bicyclic) bond motifs is 1. The highest BCUT2D eigenvalue weighted by Gasteiger charge is 2.11. The second-order valence-electron chi connectivity index (χ2n) is 4.33. The Hall–Kier alpha value is -0.850. The van der Waals surface area contributed by atoms with E-state index in [0.717, 1.165) is 25.3 Å². The summed E-state index contributed by atoms with van der Waals surface area (Å²) in [6.45, 7) is 2.09. The summed E-state index contributed by atoms with van der Waals surface area (Å²) in [5, 5.41) is 0.733. The lowest BCUT2D eigenvalue weighted by Crippen LogP contribution is -1.98. The van der Waals surface area contributed by atoms with Crippen LogP contribution in [0.5, 0.6) is 0 Å². The van der Waals surface area contributed by atoms with Crippen molar-refractivity contribution in [2.75, 3.05) is 0 Å². The number of aromatic amines is 1. The number of aryl methyl sites for hydroxylation is 1. The number of nitrogens with one attached hydrogen (secondary N) is 1. The number of nitrogens with zero attached hydrogens (tertiary/aromatic N) is 1. The normalized spacial score (nSPS) is 11.1. The molecule has 0 aliphatic rings. The fourth-order valence-corrected chi connectivity index (χ4v) is 3.63. The van der Waals surface area contributed by atoms with Gasteiger partial charge in [-0.25, -0.2) is 0 Å². The molecule has 0 spiro atoms. The van der Waals surface area contributed by atoms with Gasteiger partial charge in [0.15, 0.2) is 4.77 Å². The van der Waals surface area contributed by atoms with Crippen LogP contribution in [0.3, 0.4) is 0 Å². The highest BCUT2D eigenvalue weighted by atomic mass is 127. The van der Waals surface area contributed by atoms with Crippen LogP contribution >= 0.6 is 46.4 Å². The van der Waals surface area contributed by atoms with Crippen LogP contribution in [-0.4, -0.2) is 9.55 Å². The van der Waals surface area contributed by atoms with Crippen LogP contribution in [0.25, 0.3) is 16.7 Å². The summed E-state index contributed by atoms with van der Waals surface area (Å²) in [5.41, 5.74) is 4.41. The van der Waals surface area contributed by atoms with E-state index in [2.05, 4.69) is 45.1 Å². The number of rotatable bonds is 1. The van der Waals surface area contributed by atoms with E-state index >= 15 is 0 Å². The first kappa shape index (κ1) is 13.1. The first-order chi connectivity index (χ1) is 9.08. The number of hydrogen-bond donors (Lipinski definition) is 1. The minimum atomic E-state index is 0.699. The third-order valence-electron chi connectivity index (χ3n) is 3.06. The van der Waals surface area contributed by atoms with Crippen LogP contribution in [-0.2, 0) is 0 Å². The van der Waals surface area contributed by atoms with Gasteiger partial charge in [-0.2, -0.15) is 0 Å². The maximum absolute atomic E-state index is 6.02. The van der Waals surface area contributed by atoms with Crippen LogP contribution in [0.2, 0.25) is 5.02 Å². The van der Waals surface area contributed by atoms with Crippen molar-refractivity contribution >= 4 is 57.4 Å². The van der Waals surface area contributed by atoms with Crippen LogP contribution in [0.1, 0.15) is 5.56 Å². The Balaban J connectivity index is 2.42. The first-order valence-electron chi connectivity index (χ1n) is 5.73. The van der Waals surface area contributed by atoms with Gasteiger partial charge in [-0.1, -0.05) is 23.7 Å². The van der Waals surface area contributed by atoms with Crippen molar-refractivity contribution in [1.29, 1.82) is 0 Å². The number of imidazole rings is 1. The average Bonchev–Trinajstić information content (AvgIpc) is 2.67. The molecular weight excluding hydrogens is 391 g/mol. The molecule has 1 heterocycles. The van der Waals surface area contributed by atoms with Gasteiger partial charge in [-0.15, -0.1) is 0 Å². The zero-order valence-electron chi connectivity index (χ0n) is 10.1. The van der Waals surface area contributed by atoms with E-state index in [-0.39, 0.29) is 0 Å². The topological polar surface area (TPSA) is 20.7 Å². The molecule has 96 valence electrons. The molecule has 19 heavy (non-hydrogen) atoms. The molecule has 1 N–H and O–H groups in total. The van der Waals surface area contributed by atoms with Gasteiger partial charge < -0.3 is 4.98 Å². The summed E-state index contributed by atoms with van der Waals surface area (Å²) in [6, 6.07) is 12.0. The fraction of sp³-hybridized carbons (Fsp3) is 0.0714. The van der Waals surface area contributed by atoms with Gasteiger partial charge in [0, 0.05) is 8.59 Å². The minimum absolute atomic E-state index is 0.699. The second kappa shape index (κ2) is 4.92. The predicted octanol–water partition coefficient (Wildman–Crippen LogP) is 5.25. The summed E-state index contributed by atoms with van der Waals surface area (Å²) in [4.78, 5) is 3.25. The standard InChI is InChI=1S/C14H10ClIN2S/c1-8-3-2-4-11-13(8)18(14(19)17-11)12-6-5-9(15)7-10(12)16/h2-7H,1H3,(H,17,19). The lowest BCUT2D eigenvalue weighted by atomic mass is 10.2. The Morgan fingerprint density at radius 1 is 1.26 bits per heavy atom. The first-order valence-corrected chi connectivity index (χ1v) is 7.60. The molecule has 3 rings (SSSR count). The van der Waals surface area contributed by atoms with Crippen LogP contribution in [0, 0.1) is 15.3 Å². The quantitative estimate of drug-likeness (QED) is 0.437. The maximum atomic E-state index is 6.02. The average molecular weight is 401 g/mol. The number of benzene rings is 2. The minimum Gasteiger partial charge on any atom is -0.330 e. The van der Waals surface area contributed by atoms with Gasteiger partial charge in [0.25, 0.3) is 0 Å². The Bertz CT molecular complexity index is 835. The number of para-hydroxylation sites is 1. The number of hydrogen-bond acceptors (Lipinski definition) is 1. The van der Waals surface area contributed by atoms with Gasteiger partial charge in [-0.3, -0.25) is 4.57 Å². The molecule has 0 unspecified atom stereocenters. The monoisotopic (exact) mass is 400 g/mol. The lowest BCUT2D eigenvalue weighted by molar-refractivity contribution is 1.05. The van der Waals surface area contributed by atoms with E-state index in [9.17, 15) is 0 Å². The molecule has 0 atom stereocenters. The van der Waals surface area contributed by atoms with Crippen LogP contribution in [0.4, 0.5) is 0 Å². The largest absolute Gasteiger partial charge is 0.330 e. The molecule has 2 nitrogen and oxygen atoms in total. The summed E-state index contributed by atoms with van der Waals surface area (Å²) < 4.78 is 3.84. The molecular formula is C14H10ClIN2S. The maximum Gasteiger partial charge on any atom is 0.182 e. The lowest BCUT2D eigenvalue weighted by Gasteiger charge is -2.09. The van der Waals surface area contributed by atoms with E-state index in [0.29, 0.717) is 4.77 Å². The number of aromatic nitrogens is 2. The molecule has 0 saturated carbocycles. The van der Waals surface area contributed by atoms with Crippen molar-refractivity contribution in [3.05, 3.63) is 55.3 Å². The van der Waals surface area contributed by atoms with Crippen molar-refractivity contribution < 1.29 is 0 Å². The Kier molecular flexibility index (Phi) is 3.41. The van der Waals surface area contributed by atoms with Crippen molar-refractivity contribution in [2.45, 2.75) is 6.92 Å². The van der Waals surface area contributed by atoms with Gasteiger partial charge in [0.2, 0.25) is 0 Å². The van der Waals surface area contributed by atoms with E-state index in [1.807, 2.05) is 30.3 Å². The van der Waals surface area contributed by atoms with E-state index in [1.54, 1.807) is 0 Å². The van der Waals surface area contributed by atoms with Gasteiger partial charge in [-0.05, 0) is 71.6 Å². The Morgan fingerprint density at radius 2 is 2.05 bits per heavy atom. The highest BCUT2D eigenvalue weighted by molar-refractivity contribution is 14.1. The van der Waals surface area contributed by atoms with Gasteiger partial charge >= 0.3 is 0 Å². The van der Waals surface area contributed by atoms with Crippen molar-refractivity contribution in [2.24, 2.45) is 0 Å². The van der Waals surface area contributed by atoms with Gasteiger partial charge in [0.1, 0.15) is 0 Å². The van der Waals surface area contributed by atoms with E-state index in [4.69, 9.17) is 23.8 Å². The van der Waals surface area contributed by atoms with Gasteiger partial charge in [0.05, 0.1) is 16.7 Å². The molecule has 0 amide bonds.